The van der Waals surface area contributed by atoms with Gasteiger partial charge >= 0.3 is 0 Å². The van der Waals surface area contributed by atoms with E-state index in [1.807, 2.05) is 0 Å². The molecule has 2 N–H and O–H groups in total. The summed E-state index contributed by atoms with van der Waals surface area (Å²) in [5, 5.41) is 7.01. The Kier molecular flexibility index (Phi) is 8.00. The standard InChI is InChI=1S/C22H41N5O/c1-4-23-22(24-15-20(17(2)3)26-12-7-8-13-26)25-19-11-14-27(16-19)21(28)18-9-5-6-10-18/h17-20H,4-16H2,1-3H3,(H2,23,24,25). The average molecular weight is 392 g/mol. The molecular formula is C22H41N5O. The zero-order valence-corrected chi connectivity index (χ0v) is 18.3. The molecule has 1 amide bonds. The van der Waals surface area contributed by atoms with Crippen molar-refractivity contribution >= 4 is 11.9 Å². The Hall–Kier alpha value is -1.30. The van der Waals surface area contributed by atoms with Crippen LogP contribution in [0.15, 0.2) is 4.99 Å². The van der Waals surface area contributed by atoms with E-state index in [9.17, 15) is 4.79 Å². The summed E-state index contributed by atoms with van der Waals surface area (Å²) >= 11 is 0. The number of amides is 1. The molecule has 3 aliphatic rings. The molecule has 160 valence electrons. The van der Waals surface area contributed by atoms with Crippen LogP contribution >= 0.6 is 0 Å². The molecule has 1 aliphatic carbocycles. The molecule has 6 nitrogen and oxygen atoms in total. The molecule has 3 fully saturated rings. The van der Waals surface area contributed by atoms with Gasteiger partial charge in [0.2, 0.25) is 5.91 Å². The van der Waals surface area contributed by atoms with Crippen molar-refractivity contribution in [1.82, 2.24) is 20.4 Å². The van der Waals surface area contributed by atoms with Gasteiger partial charge in [0.15, 0.2) is 5.96 Å². The van der Waals surface area contributed by atoms with Crippen LogP contribution in [0.1, 0.15) is 65.7 Å². The average Bonchev–Trinajstić information content (AvgIpc) is 3.43. The van der Waals surface area contributed by atoms with Gasteiger partial charge in [0, 0.05) is 37.6 Å². The summed E-state index contributed by atoms with van der Waals surface area (Å²) in [5.41, 5.74) is 0. The van der Waals surface area contributed by atoms with Crippen molar-refractivity contribution < 1.29 is 4.79 Å². The minimum absolute atomic E-state index is 0.285. The van der Waals surface area contributed by atoms with Crippen molar-refractivity contribution in [3.8, 4) is 0 Å². The van der Waals surface area contributed by atoms with Gasteiger partial charge in [-0.1, -0.05) is 26.7 Å². The smallest absolute Gasteiger partial charge is 0.225 e. The van der Waals surface area contributed by atoms with Crippen LogP contribution in [0.5, 0.6) is 0 Å². The monoisotopic (exact) mass is 391 g/mol. The van der Waals surface area contributed by atoms with Crippen molar-refractivity contribution in [2.24, 2.45) is 16.8 Å². The van der Waals surface area contributed by atoms with Crippen molar-refractivity contribution in [2.45, 2.75) is 77.8 Å². The van der Waals surface area contributed by atoms with E-state index in [1.54, 1.807) is 0 Å². The molecule has 0 radical (unpaired) electrons. The number of rotatable bonds is 7. The minimum Gasteiger partial charge on any atom is -0.357 e. The maximum Gasteiger partial charge on any atom is 0.225 e. The lowest BCUT2D eigenvalue weighted by Crippen LogP contribution is -2.46. The lowest BCUT2D eigenvalue weighted by atomic mass is 10.0. The van der Waals surface area contributed by atoms with Crippen LogP contribution in [0.25, 0.3) is 0 Å². The predicted octanol–water partition coefficient (Wildman–Crippen LogP) is 2.45. The molecule has 6 heteroatoms. The second-order valence-corrected chi connectivity index (χ2v) is 9.17. The van der Waals surface area contributed by atoms with Crippen LogP contribution in [0.3, 0.4) is 0 Å². The molecule has 1 saturated carbocycles. The predicted molar refractivity (Wildman–Crippen MR) is 115 cm³/mol. The van der Waals surface area contributed by atoms with E-state index >= 15 is 0 Å². The molecule has 2 aliphatic heterocycles. The summed E-state index contributed by atoms with van der Waals surface area (Å²) in [6.45, 7) is 12.6. The van der Waals surface area contributed by atoms with Crippen LogP contribution in [-0.4, -0.2) is 73.0 Å². The van der Waals surface area contributed by atoms with E-state index in [1.165, 1.54) is 38.8 Å². The van der Waals surface area contributed by atoms with Gasteiger partial charge in [-0.15, -0.1) is 0 Å². The third-order valence-corrected chi connectivity index (χ3v) is 6.71. The van der Waals surface area contributed by atoms with Crippen molar-refractivity contribution in [2.75, 3.05) is 39.3 Å². The highest BCUT2D eigenvalue weighted by Gasteiger charge is 2.32. The number of likely N-dealkylation sites (tertiary alicyclic amines) is 2. The van der Waals surface area contributed by atoms with E-state index in [0.29, 0.717) is 23.9 Å². The molecule has 0 aromatic rings. The molecule has 28 heavy (non-hydrogen) atoms. The number of carbonyl (C=O) groups is 1. The summed E-state index contributed by atoms with van der Waals surface area (Å²) in [4.78, 5) is 22.3. The first-order valence-corrected chi connectivity index (χ1v) is 11.7. The number of hydrogen-bond donors (Lipinski definition) is 2. The molecule has 2 atom stereocenters. The lowest BCUT2D eigenvalue weighted by Gasteiger charge is -2.30. The number of guanidine groups is 1. The van der Waals surface area contributed by atoms with Gasteiger partial charge in [0.05, 0.1) is 6.54 Å². The highest BCUT2D eigenvalue weighted by molar-refractivity contribution is 5.81. The van der Waals surface area contributed by atoms with Crippen LogP contribution in [0.4, 0.5) is 0 Å². The van der Waals surface area contributed by atoms with Gasteiger partial charge in [-0.05, 0) is 58.0 Å². The summed E-state index contributed by atoms with van der Waals surface area (Å²) < 4.78 is 0. The second-order valence-electron chi connectivity index (χ2n) is 9.17. The third kappa shape index (κ3) is 5.62. The second kappa shape index (κ2) is 10.5. The molecule has 0 aromatic heterocycles. The van der Waals surface area contributed by atoms with Crippen molar-refractivity contribution in [3.63, 3.8) is 0 Å². The Morgan fingerprint density at radius 1 is 1.07 bits per heavy atom. The molecule has 2 saturated heterocycles. The van der Waals surface area contributed by atoms with Crippen LogP contribution in [0, 0.1) is 11.8 Å². The zero-order chi connectivity index (χ0) is 19.9. The number of aliphatic imine (C=N–C) groups is 1. The SMILES string of the molecule is CCNC(=NCC(C(C)C)N1CCCC1)NC1CCN(C(=O)C2CCCC2)C1. The maximum atomic E-state index is 12.7. The number of hydrogen-bond acceptors (Lipinski definition) is 3. The number of nitrogens with zero attached hydrogens (tertiary/aromatic N) is 3. The highest BCUT2D eigenvalue weighted by atomic mass is 16.2. The normalized spacial score (nSPS) is 25.6. The Morgan fingerprint density at radius 3 is 2.43 bits per heavy atom. The van der Waals surface area contributed by atoms with Crippen LogP contribution < -0.4 is 10.6 Å². The van der Waals surface area contributed by atoms with Gasteiger partial charge < -0.3 is 15.5 Å². The Balaban J connectivity index is 1.53. The quantitative estimate of drug-likeness (QED) is 0.517. The van der Waals surface area contributed by atoms with Gasteiger partial charge in [0.25, 0.3) is 0 Å². The summed E-state index contributed by atoms with van der Waals surface area (Å²) in [5.74, 6) is 2.19. The molecule has 0 aromatic carbocycles. The fourth-order valence-corrected chi connectivity index (χ4v) is 5.03. The Morgan fingerprint density at radius 2 is 1.79 bits per heavy atom. The van der Waals surface area contributed by atoms with E-state index in [-0.39, 0.29) is 5.92 Å². The fourth-order valence-electron chi connectivity index (χ4n) is 5.03. The van der Waals surface area contributed by atoms with E-state index in [0.717, 1.165) is 51.4 Å². The Bertz CT molecular complexity index is 523. The van der Waals surface area contributed by atoms with E-state index in [4.69, 9.17) is 4.99 Å². The molecule has 2 unspecified atom stereocenters. The number of carbonyl (C=O) groups excluding carboxylic acids is 1. The van der Waals surface area contributed by atoms with E-state index in [2.05, 4.69) is 41.2 Å². The van der Waals surface area contributed by atoms with Crippen LogP contribution in [0.2, 0.25) is 0 Å². The molecule has 2 heterocycles. The number of nitrogens with one attached hydrogen (secondary N) is 2. The van der Waals surface area contributed by atoms with Crippen LogP contribution in [-0.2, 0) is 4.79 Å². The van der Waals surface area contributed by atoms with Gasteiger partial charge in [-0.25, -0.2) is 0 Å². The zero-order valence-electron chi connectivity index (χ0n) is 18.3. The first-order chi connectivity index (χ1) is 13.6. The first-order valence-electron chi connectivity index (χ1n) is 11.7. The first kappa shape index (κ1) is 21.4. The minimum atomic E-state index is 0.285. The third-order valence-electron chi connectivity index (χ3n) is 6.71. The van der Waals surface area contributed by atoms with Crippen molar-refractivity contribution in [3.05, 3.63) is 0 Å². The maximum absolute atomic E-state index is 12.7. The fraction of sp³-hybridized carbons (Fsp3) is 0.909. The van der Waals surface area contributed by atoms with Gasteiger partial charge in [0.1, 0.15) is 0 Å². The topological polar surface area (TPSA) is 60.0 Å². The van der Waals surface area contributed by atoms with Gasteiger partial charge in [-0.2, -0.15) is 0 Å². The van der Waals surface area contributed by atoms with E-state index < -0.39 is 0 Å². The molecule has 0 spiro atoms. The molecule has 3 rings (SSSR count). The van der Waals surface area contributed by atoms with Gasteiger partial charge in [-0.3, -0.25) is 14.7 Å². The summed E-state index contributed by atoms with van der Waals surface area (Å²) in [6.07, 6.45) is 8.27. The lowest BCUT2D eigenvalue weighted by molar-refractivity contribution is -0.134. The Labute approximate surface area is 171 Å². The summed E-state index contributed by atoms with van der Waals surface area (Å²) in [6, 6.07) is 0.828. The molecule has 0 bridgehead atoms. The highest BCUT2D eigenvalue weighted by Crippen LogP contribution is 2.27. The largest absolute Gasteiger partial charge is 0.357 e. The molecular weight excluding hydrogens is 350 g/mol. The summed E-state index contributed by atoms with van der Waals surface area (Å²) in [7, 11) is 0. The van der Waals surface area contributed by atoms with Crippen molar-refractivity contribution in [1.29, 1.82) is 0 Å².